The molecule has 1 fully saturated rings. The van der Waals surface area contributed by atoms with Crippen LogP contribution in [0.4, 0.5) is 16.2 Å². The van der Waals surface area contributed by atoms with E-state index in [1.807, 2.05) is 52.0 Å². The Kier molecular flexibility index (Phi) is 9.85. The van der Waals surface area contributed by atoms with Gasteiger partial charge in [-0.25, -0.2) is 18.2 Å². The minimum Gasteiger partial charge on any atom is -0.497 e. The number of benzene rings is 3. The number of pyridine rings is 1. The van der Waals surface area contributed by atoms with Gasteiger partial charge in [-0.2, -0.15) is 4.31 Å². The van der Waals surface area contributed by atoms with Gasteiger partial charge in [-0.1, -0.05) is 12.1 Å². The van der Waals surface area contributed by atoms with Crippen molar-refractivity contribution in [2.75, 3.05) is 43.5 Å². The molecule has 0 spiro atoms. The molecule has 0 radical (unpaired) electrons. The second-order valence-corrected chi connectivity index (χ2v) is 16.1. The van der Waals surface area contributed by atoms with Crippen molar-refractivity contribution in [3.63, 3.8) is 0 Å². The molecule has 0 aliphatic carbocycles. The van der Waals surface area contributed by atoms with Gasteiger partial charge in [-0.3, -0.25) is 4.79 Å². The minimum absolute atomic E-state index is 0.0212. The third-order valence-corrected chi connectivity index (χ3v) is 11.1. The lowest BCUT2D eigenvalue weighted by molar-refractivity contribution is -0.120. The van der Waals surface area contributed by atoms with Crippen LogP contribution >= 0.6 is 22.6 Å². The van der Waals surface area contributed by atoms with Crippen LogP contribution in [0, 0.1) is 3.57 Å². The van der Waals surface area contributed by atoms with Crippen LogP contribution in [0.5, 0.6) is 17.4 Å². The highest BCUT2D eigenvalue weighted by Crippen LogP contribution is 2.51. The lowest BCUT2D eigenvalue weighted by atomic mass is 9.83. The number of methoxy groups -OCH3 is 2. The van der Waals surface area contributed by atoms with E-state index in [1.165, 1.54) is 32.4 Å². The lowest BCUT2D eigenvalue weighted by Gasteiger charge is -2.40. The van der Waals surface area contributed by atoms with Crippen molar-refractivity contribution in [3.05, 3.63) is 99.3 Å². The van der Waals surface area contributed by atoms with E-state index < -0.39 is 27.1 Å². The quantitative estimate of drug-likeness (QED) is 0.176. The van der Waals surface area contributed by atoms with Crippen LogP contribution < -0.4 is 23.8 Å². The Balaban J connectivity index is 1.44. The molecular weight excluding hydrogens is 787 g/mol. The highest BCUT2D eigenvalue weighted by molar-refractivity contribution is 14.1. The molecule has 1 N–H and O–H groups in total. The molecule has 1 aromatic heterocycles. The number of amides is 2. The molecule has 1 atom stereocenters. The zero-order valence-corrected chi connectivity index (χ0v) is 32.1. The first-order chi connectivity index (χ1) is 24.2. The maximum absolute atomic E-state index is 15.2. The molecule has 0 saturated carbocycles. The van der Waals surface area contributed by atoms with Gasteiger partial charge in [-0.05, 0) is 110 Å². The van der Waals surface area contributed by atoms with E-state index in [0.29, 0.717) is 35.7 Å². The van der Waals surface area contributed by atoms with Gasteiger partial charge in [0.05, 0.1) is 32.1 Å². The van der Waals surface area contributed by atoms with Crippen LogP contribution in [0.15, 0.2) is 83.9 Å². The Bertz CT molecular complexity index is 2080. The van der Waals surface area contributed by atoms with Crippen molar-refractivity contribution in [1.82, 2.24) is 9.88 Å². The second kappa shape index (κ2) is 13.9. The number of carbonyl (C=O) groups excluding carboxylic acids is 2. The predicted molar refractivity (Wildman–Crippen MR) is 200 cm³/mol. The van der Waals surface area contributed by atoms with Crippen molar-refractivity contribution in [1.29, 1.82) is 0 Å². The molecule has 12 nitrogen and oxygen atoms in total. The van der Waals surface area contributed by atoms with E-state index >= 15 is 4.79 Å². The van der Waals surface area contributed by atoms with Crippen molar-refractivity contribution in [2.45, 2.75) is 49.6 Å². The van der Waals surface area contributed by atoms with Gasteiger partial charge < -0.3 is 29.2 Å². The number of anilines is 2. The Morgan fingerprint density at radius 2 is 1.73 bits per heavy atom. The van der Waals surface area contributed by atoms with Crippen LogP contribution in [-0.4, -0.2) is 69.8 Å². The fourth-order valence-electron chi connectivity index (χ4n) is 6.28. The molecule has 2 aliphatic heterocycles. The highest BCUT2D eigenvalue weighted by Gasteiger charge is 2.58. The predicted octanol–water partition coefficient (Wildman–Crippen LogP) is 6.53. The average molecular weight is 827 g/mol. The van der Waals surface area contributed by atoms with Gasteiger partial charge in [0.2, 0.25) is 5.88 Å². The first kappa shape index (κ1) is 36.2. The summed E-state index contributed by atoms with van der Waals surface area (Å²) in [6, 6.07) is 20.4. The molecule has 3 heterocycles. The van der Waals surface area contributed by atoms with Crippen molar-refractivity contribution >= 4 is 56.0 Å². The van der Waals surface area contributed by atoms with Gasteiger partial charge in [-0.15, -0.1) is 0 Å². The van der Waals surface area contributed by atoms with Gasteiger partial charge in [0.15, 0.2) is 5.54 Å². The van der Waals surface area contributed by atoms with Crippen LogP contribution in [-0.2, 0) is 25.1 Å². The van der Waals surface area contributed by atoms with Crippen LogP contribution in [0.25, 0.3) is 0 Å². The number of likely N-dealkylation sites (tertiary alicyclic amines) is 1. The number of nitrogens with zero attached hydrogens (tertiary/aromatic N) is 3. The molecule has 6 rings (SSSR count). The fraction of sp³-hybridized carbons (Fsp3) is 0.324. The first-order valence-corrected chi connectivity index (χ1v) is 18.8. The minimum atomic E-state index is -4.56. The molecule has 0 bridgehead atoms. The summed E-state index contributed by atoms with van der Waals surface area (Å²) in [7, 11) is -1.74. The largest absolute Gasteiger partial charge is 0.497 e. The maximum Gasteiger partial charge on any atom is 0.410 e. The van der Waals surface area contributed by atoms with Gasteiger partial charge in [0.25, 0.3) is 15.9 Å². The number of aromatic nitrogens is 1. The average Bonchev–Trinajstić information content (AvgIpc) is 3.31. The molecular formula is C37H39IN4O8S. The normalized spacial score (nSPS) is 17.4. The summed E-state index contributed by atoms with van der Waals surface area (Å²) < 4.78 is 53.1. The zero-order chi connectivity index (χ0) is 36.7. The summed E-state index contributed by atoms with van der Waals surface area (Å²) in [4.78, 5) is 33.6. The summed E-state index contributed by atoms with van der Waals surface area (Å²) in [6.45, 7) is 8.61. The topological polar surface area (TPSA) is 137 Å². The number of hydrogen-bond donors (Lipinski definition) is 1. The number of fused-ring (bicyclic) bond motifs is 1. The van der Waals surface area contributed by atoms with Crippen molar-refractivity contribution in [2.24, 2.45) is 0 Å². The molecule has 1 unspecified atom stereocenters. The van der Waals surface area contributed by atoms with Gasteiger partial charge in [0.1, 0.15) is 22.0 Å². The molecule has 2 aliphatic rings. The fourth-order valence-corrected chi connectivity index (χ4v) is 8.38. The Labute approximate surface area is 311 Å². The number of carbonyl (C=O) groups is 2. The SMILES string of the molecule is CCOc1ncccc1C1(Nc2ccc(C3CN(C(=O)OC(C)(C)C)C3)cc2)C(=O)N(S(=O)(=O)c2ccc(OC)cc2OC)c2ccc(I)cc21. The van der Waals surface area contributed by atoms with Crippen LogP contribution in [0.3, 0.4) is 0 Å². The number of halogens is 1. The second-order valence-electron chi connectivity index (χ2n) is 13.1. The smallest absolute Gasteiger partial charge is 0.410 e. The summed E-state index contributed by atoms with van der Waals surface area (Å²) in [5.74, 6) is -0.0707. The van der Waals surface area contributed by atoms with Crippen LogP contribution in [0.1, 0.15) is 50.3 Å². The third-order valence-electron chi connectivity index (χ3n) is 8.68. The number of hydrogen-bond acceptors (Lipinski definition) is 10. The van der Waals surface area contributed by atoms with Gasteiger partial charge in [0, 0.05) is 46.1 Å². The van der Waals surface area contributed by atoms with E-state index in [2.05, 4.69) is 32.9 Å². The molecule has 1 saturated heterocycles. The number of rotatable bonds is 10. The Morgan fingerprint density at radius 3 is 2.37 bits per heavy atom. The van der Waals surface area contributed by atoms with Crippen molar-refractivity contribution in [3.8, 4) is 17.4 Å². The van der Waals surface area contributed by atoms with E-state index in [0.717, 1.165) is 13.4 Å². The molecule has 4 aromatic rings. The Morgan fingerprint density at radius 1 is 1.00 bits per heavy atom. The number of sulfonamides is 1. The number of ether oxygens (including phenoxy) is 4. The summed E-state index contributed by atoms with van der Waals surface area (Å²) in [5, 5.41) is 3.44. The van der Waals surface area contributed by atoms with E-state index in [9.17, 15) is 13.2 Å². The molecule has 14 heteroatoms. The monoisotopic (exact) mass is 826 g/mol. The van der Waals surface area contributed by atoms with Crippen molar-refractivity contribution < 1.29 is 37.0 Å². The standard InChI is InChI=1S/C37H39IN4O8S/c1-7-49-33-28(9-8-18-39-33)37(40-26-13-10-23(11-14-26)24-21-41(22-24)35(44)50-36(2,3)4)29-19-25(38)12-16-30(29)42(34(37)43)51(45,46)32-17-15-27(47-5)20-31(32)48-6/h8-20,24,40H,7,21-22H2,1-6H3. The first-order valence-electron chi connectivity index (χ1n) is 16.3. The van der Waals surface area contributed by atoms with E-state index in [-0.39, 0.29) is 40.8 Å². The Hall–Kier alpha value is -4.57. The van der Waals surface area contributed by atoms with E-state index in [1.54, 1.807) is 41.4 Å². The highest BCUT2D eigenvalue weighted by atomic mass is 127. The lowest BCUT2D eigenvalue weighted by Crippen LogP contribution is -2.50. The summed E-state index contributed by atoms with van der Waals surface area (Å²) >= 11 is 2.14. The summed E-state index contributed by atoms with van der Waals surface area (Å²) in [6.07, 6.45) is 1.21. The zero-order valence-electron chi connectivity index (χ0n) is 29.1. The molecule has 268 valence electrons. The molecule has 2 amide bonds. The van der Waals surface area contributed by atoms with Gasteiger partial charge >= 0.3 is 6.09 Å². The van der Waals surface area contributed by atoms with E-state index in [4.69, 9.17) is 18.9 Å². The van der Waals surface area contributed by atoms with Crippen LogP contribution in [0.2, 0.25) is 0 Å². The summed E-state index contributed by atoms with van der Waals surface area (Å²) in [5.41, 5.74) is 0.114. The maximum atomic E-state index is 15.2. The number of nitrogens with one attached hydrogen (secondary N) is 1. The molecule has 51 heavy (non-hydrogen) atoms. The molecule has 3 aromatic carbocycles. The third kappa shape index (κ3) is 6.66.